The summed E-state index contributed by atoms with van der Waals surface area (Å²) in [6, 6.07) is 9.87. The number of ether oxygens (including phenoxy) is 1. The van der Waals surface area contributed by atoms with E-state index in [4.69, 9.17) is 17.0 Å². The maximum atomic E-state index is 12.7. The topological polar surface area (TPSA) is 46.6 Å². The number of carbonyl (C=O) groups excluding carboxylic acids is 2. The third-order valence-electron chi connectivity index (χ3n) is 5.45. The molecule has 1 heterocycles. The largest absolute Gasteiger partial charge is 0.485 e. The molecule has 5 heteroatoms. The first-order valence-electron chi connectivity index (χ1n) is 9.72. The summed E-state index contributed by atoms with van der Waals surface area (Å²) in [5.74, 6) is -0.665. The van der Waals surface area contributed by atoms with E-state index in [0.29, 0.717) is 18.2 Å². The number of likely N-dealkylation sites (tertiary alicyclic amines) is 1. The Morgan fingerprint density at radius 3 is 2.50 bits per heavy atom. The van der Waals surface area contributed by atoms with Crippen molar-refractivity contribution in [1.29, 1.82) is 0 Å². The zero-order valence-electron chi connectivity index (χ0n) is 15.2. The smallest absolute Gasteiger partial charge is 0.290 e. The molecule has 140 valence electrons. The maximum Gasteiger partial charge on any atom is 0.290 e. The fraction of sp³-hybridized carbons (Fsp3) is 0.571. The predicted molar refractivity (Wildman–Crippen MR) is 105 cm³/mol. The van der Waals surface area contributed by atoms with Crippen LogP contribution in [-0.4, -0.2) is 40.8 Å². The lowest BCUT2D eigenvalue weighted by Crippen LogP contribution is -2.46. The summed E-state index contributed by atoms with van der Waals surface area (Å²) in [6.07, 6.45) is 7.40. The van der Waals surface area contributed by atoms with Gasteiger partial charge >= 0.3 is 0 Å². The zero-order valence-corrected chi connectivity index (χ0v) is 16.0. The molecule has 0 aromatic heterocycles. The van der Waals surface area contributed by atoms with Crippen LogP contribution in [0.1, 0.15) is 50.5 Å². The Kier molecular flexibility index (Phi) is 6.78. The molecule has 1 saturated heterocycles. The minimum absolute atomic E-state index is 0.0925. The van der Waals surface area contributed by atoms with E-state index < -0.39 is 0 Å². The van der Waals surface area contributed by atoms with E-state index in [1.54, 1.807) is 4.90 Å². The Morgan fingerprint density at radius 1 is 1.04 bits per heavy atom. The first kappa shape index (κ1) is 19.0. The van der Waals surface area contributed by atoms with Gasteiger partial charge in [-0.1, -0.05) is 49.6 Å². The average molecular weight is 374 g/mol. The number of hydrogen-bond donors (Lipinski definition) is 0. The Morgan fingerprint density at radius 2 is 1.77 bits per heavy atom. The molecule has 1 saturated carbocycles. The molecule has 0 spiro atoms. The number of hydrogen-bond acceptors (Lipinski definition) is 4. The molecule has 1 aliphatic heterocycles. The summed E-state index contributed by atoms with van der Waals surface area (Å²) in [5.41, 5.74) is 1.20. The Bertz CT molecular complexity index is 640. The van der Waals surface area contributed by atoms with Crippen LogP contribution in [0.25, 0.3) is 0 Å². The van der Waals surface area contributed by atoms with Crippen LogP contribution in [0.2, 0.25) is 0 Å². The van der Waals surface area contributed by atoms with Crippen molar-refractivity contribution in [2.75, 3.05) is 13.2 Å². The van der Waals surface area contributed by atoms with Crippen molar-refractivity contribution in [2.45, 2.75) is 57.4 Å². The van der Waals surface area contributed by atoms with Gasteiger partial charge in [0, 0.05) is 18.9 Å². The van der Waals surface area contributed by atoms with Gasteiger partial charge in [-0.05, 0) is 43.5 Å². The minimum Gasteiger partial charge on any atom is -0.485 e. The van der Waals surface area contributed by atoms with Crippen LogP contribution in [0.15, 0.2) is 30.3 Å². The van der Waals surface area contributed by atoms with E-state index in [-0.39, 0.29) is 23.7 Å². The summed E-state index contributed by atoms with van der Waals surface area (Å²) in [7, 11) is 0. The highest BCUT2D eigenvalue weighted by Gasteiger charge is 2.38. The third-order valence-corrected chi connectivity index (χ3v) is 5.84. The molecular weight excluding hydrogens is 346 g/mol. The molecule has 0 radical (unpaired) electrons. The number of Topliss-reactive ketones (excluding diaryl/α,β-unsaturated/α-hetero) is 1. The highest BCUT2D eigenvalue weighted by molar-refractivity contribution is 7.80. The van der Waals surface area contributed by atoms with Crippen LogP contribution in [0.3, 0.4) is 0 Å². The summed E-state index contributed by atoms with van der Waals surface area (Å²) in [4.78, 5) is 26.9. The fourth-order valence-corrected chi connectivity index (χ4v) is 4.27. The normalized spacial score (nSPS) is 20.8. The lowest BCUT2D eigenvalue weighted by atomic mass is 9.86. The molecule has 1 unspecified atom stereocenters. The Labute approximate surface area is 160 Å². The van der Waals surface area contributed by atoms with Gasteiger partial charge in [0.15, 0.2) is 5.05 Å². The minimum atomic E-state index is -0.353. The number of carbonyl (C=O) groups is 2. The molecule has 1 amide bonds. The molecule has 1 aromatic rings. The molecule has 26 heavy (non-hydrogen) atoms. The van der Waals surface area contributed by atoms with Gasteiger partial charge in [0.25, 0.3) is 5.91 Å². The monoisotopic (exact) mass is 373 g/mol. The first-order valence-corrected chi connectivity index (χ1v) is 10.1. The molecule has 2 fully saturated rings. The van der Waals surface area contributed by atoms with Gasteiger partial charge in [0.2, 0.25) is 5.78 Å². The van der Waals surface area contributed by atoms with Crippen LogP contribution in [0.5, 0.6) is 0 Å². The fourth-order valence-electron chi connectivity index (χ4n) is 3.95. The number of amides is 1. The molecule has 3 rings (SSSR count). The van der Waals surface area contributed by atoms with Crippen LogP contribution in [0.4, 0.5) is 0 Å². The molecule has 1 atom stereocenters. The zero-order chi connectivity index (χ0) is 18.4. The SMILES string of the molecule is O=C(C(=O)N1CCCC1C(=S)OCCc1ccccc1)C1CCCCC1. The summed E-state index contributed by atoms with van der Waals surface area (Å²) in [5, 5.41) is 0.447. The second-order valence-corrected chi connectivity index (χ2v) is 7.66. The second-order valence-electron chi connectivity index (χ2n) is 7.26. The number of nitrogens with zero attached hydrogens (tertiary/aromatic N) is 1. The van der Waals surface area contributed by atoms with Gasteiger partial charge in [-0.15, -0.1) is 0 Å². The van der Waals surface area contributed by atoms with E-state index in [9.17, 15) is 9.59 Å². The van der Waals surface area contributed by atoms with Crippen molar-refractivity contribution in [3.63, 3.8) is 0 Å². The van der Waals surface area contributed by atoms with Gasteiger partial charge in [0.1, 0.15) is 6.04 Å². The van der Waals surface area contributed by atoms with E-state index in [1.807, 2.05) is 18.2 Å². The Hall–Kier alpha value is -1.75. The summed E-state index contributed by atoms with van der Waals surface area (Å²) < 4.78 is 5.76. The first-order chi connectivity index (χ1) is 12.7. The van der Waals surface area contributed by atoms with Crippen molar-refractivity contribution in [3.05, 3.63) is 35.9 Å². The summed E-state index contributed by atoms with van der Waals surface area (Å²) in [6.45, 7) is 1.10. The number of rotatable bonds is 6. The van der Waals surface area contributed by atoms with Gasteiger partial charge in [0.05, 0.1) is 6.61 Å². The van der Waals surface area contributed by atoms with E-state index in [1.165, 1.54) is 12.0 Å². The van der Waals surface area contributed by atoms with E-state index in [0.717, 1.165) is 44.9 Å². The van der Waals surface area contributed by atoms with Crippen LogP contribution >= 0.6 is 12.2 Å². The molecule has 2 aliphatic rings. The highest BCUT2D eigenvalue weighted by Crippen LogP contribution is 2.27. The quantitative estimate of drug-likeness (QED) is 0.563. The standard InChI is InChI=1S/C21H27NO3S/c23-19(17-10-5-2-6-11-17)20(24)22-14-7-12-18(22)21(26)25-15-13-16-8-3-1-4-9-16/h1,3-4,8-9,17-18H,2,5-7,10-15H2. The molecule has 1 aliphatic carbocycles. The number of benzene rings is 1. The second kappa shape index (κ2) is 9.26. The summed E-state index contributed by atoms with van der Waals surface area (Å²) >= 11 is 5.44. The van der Waals surface area contributed by atoms with Crippen molar-refractivity contribution >= 4 is 29.0 Å². The van der Waals surface area contributed by atoms with Crippen LogP contribution < -0.4 is 0 Å². The van der Waals surface area contributed by atoms with Gasteiger partial charge in [-0.2, -0.15) is 0 Å². The number of ketones is 1. The van der Waals surface area contributed by atoms with Crippen LogP contribution in [-0.2, 0) is 20.7 Å². The lowest BCUT2D eigenvalue weighted by Gasteiger charge is -2.27. The van der Waals surface area contributed by atoms with Crippen molar-refractivity contribution in [2.24, 2.45) is 5.92 Å². The van der Waals surface area contributed by atoms with E-state index in [2.05, 4.69) is 12.1 Å². The van der Waals surface area contributed by atoms with Crippen molar-refractivity contribution < 1.29 is 14.3 Å². The predicted octanol–water partition coefficient (Wildman–Crippen LogP) is 3.71. The maximum absolute atomic E-state index is 12.7. The van der Waals surface area contributed by atoms with Gasteiger partial charge in [-0.3, -0.25) is 9.59 Å². The molecule has 4 nitrogen and oxygen atoms in total. The molecular formula is C21H27NO3S. The van der Waals surface area contributed by atoms with Crippen molar-refractivity contribution in [1.82, 2.24) is 4.90 Å². The third kappa shape index (κ3) is 4.70. The van der Waals surface area contributed by atoms with Gasteiger partial charge in [-0.25, -0.2) is 0 Å². The Balaban J connectivity index is 1.52. The molecule has 0 bridgehead atoms. The van der Waals surface area contributed by atoms with Gasteiger partial charge < -0.3 is 9.64 Å². The average Bonchev–Trinajstić information content (AvgIpc) is 3.18. The van der Waals surface area contributed by atoms with Crippen LogP contribution in [0, 0.1) is 5.92 Å². The lowest BCUT2D eigenvalue weighted by molar-refractivity contribution is -0.147. The highest BCUT2D eigenvalue weighted by atomic mass is 32.1. The molecule has 1 aromatic carbocycles. The molecule has 0 N–H and O–H groups in total. The van der Waals surface area contributed by atoms with Crippen molar-refractivity contribution in [3.8, 4) is 0 Å². The number of thiocarbonyl (C=S) groups is 1. The van der Waals surface area contributed by atoms with E-state index >= 15 is 0 Å².